The third kappa shape index (κ3) is 2.78. The maximum atomic E-state index is 5.92. The summed E-state index contributed by atoms with van der Waals surface area (Å²) in [5.74, 6) is 1.65. The van der Waals surface area contributed by atoms with E-state index in [0.29, 0.717) is 5.88 Å². The van der Waals surface area contributed by atoms with Gasteiger partial charge in [-0.05, 0) is 46.6 Å². The van der Waals surface area contributed by atoms with Crippen LogP contribution in [0.2, 0.25) is 0 Å². The Kier molecular flexibility index (Phi) is 4.15. The van der Waals surface area contributed by atoms with Gasteiger partial charge in [0, 0.05) is 27.0 Å². The molecule has 0 saturated heterocycles. The lowest BCUT2D eigenvalue weighted by Crippen LogP contribution is -2.04. The summed E-state index contributed by atoms with van der Waals surface area (Å²) >= 11 is 11.2. The fraction of sp³-hybridized carbons (Fsp3) is 0.267. The Balaban J connectivity index is 2.08. The Morgan fingerprint density at radius 3 is 2.90 bits per heavy atom. The van der Waals surface area contributed by atoms with E-state index in [1.165, 1.54) is 16.0 Å². The molecule has 0 N–H and O–H groups in total. The molecule has 0 spiro atoms. The maximum absolute atomic E-state index is 5.92. The molecule has 0 aliphatic heterocycles. The van der Waals surface area contributed by atoms with Gasteiger partial charge < -0.3 is 4.57 Å². The topological polar surface area (TPSA) is 17.8 Å². The van der Waals surface area contributed by atoms with E-state index in [2.05, 4.69) is 57.1 Å². The molecule has 104 valence electrons. The van der Waals surface area contributed by atoms with E-state index in [-0.39, 0.29) is 0 Å². The van der Waals surface area contributed by atoms with Crippen molar-refractivity contribution in [2.24, 2.45) is 0 Å². The highest BCUT2D eigenvalue weighted by Gasteiger charge is 2.11. The molecule has 0 bridgehead atoms. The predicted molar refractivity (Wildman–Crippen MR) is 90.0 cm³/mol. The Morgan fingerprint density at radius 2 is 2.20 bits per heavy atom. The molecule has 1 aromatic carbocycles. The highest BCUT2D eigenvalue weighted by molar-refractivity contribution is 9.10. The van der Waals surface area contributed by atoms with Crippen LogP contribution in [0.4, 0.5) is 0 Å². The minimum absolute atomic E-state index is 0.594. The molecule has 2 aromatic heterocycles. The number of aromatic nitrogens is 2. The van der Waals surface area contributed by atoms with Crippen molar-refractivity contribution in [1.82, 2.24) is 9.55 Å². The number of alkyl halides is 1. The minimum Gasteiger partial charge on any atom is -0.323 e. The van der Waals surface area contributed by atoms with Gasteiger partial charge in [-0.15, -0.1) is 22.9 Å². The molecule has 5 heteroatoms. The van der Waals surface area contributed by atoms with E-state index < -0.39 is 0 Å². The number of thiophene rings is 1. The van der Waals surface area contributed by atoms with Gasteiger partial charge in [0.25, 0.3) is 0 Å². The van der Waals surface area contributed by atoms with E-state index >= 15 is 0 Å². The molecule has 0 saturated carbocycles. The summed E-state index contributed by atoms with van der Waals surface area (Å²) in [5, 5.41) is 2.11. The quantitative estimate of drug-likeness (QED) is 0.592. The number of rotatable bonds is 4. The van der Waals surface area contributed by atoms with Gasteiger partial charge in [-0.1, -0.05) is 6.07 Å². The van der Waals surface area contributed by atoms with E-state index in [9.17, 15) is 0 Å². The van der Waals surface area contributed by atoms with E-state index in [0.717, 1.165) is 28.8 Å². The zero-order chi connectivity index (χ0) is 14.1. The van der Waals surface area contributed by atoms with Gasteiger partial charge in [-0.3, -0.25) is 0 Å². The summed E-state index contributed by atoms with van der Waals surface area (Å²) in [6.07, 6.45) is 0.793. The second-order valence-corrected chi connectivity index (χ2v) is 7.07. The zero-order valence-corrected chi connectivity index (χ0v) is 14.2. The largest absolute Gasteiger partial charge is 0.323 e. The van der Waals surface area contributed by atoms with Crippen molar-refractivity contribution in [2.45, 2.75) is 19.9 Å². The standard InChI is InChI=1S/C15H14BrClN2S/c1-10-2-3-14-13(6-10)18-15(4-5-17)19(14)8-12-7-11(16)9-20-12/h2-3,6-7,9H,4-5,8H2,1H3. The van der Waals surface area contributed by atoms with Crippen molar-refractivity contribution in [3.63, 3.8) is 0 Å². The van der Waals surface area contributed by atoms with Crippen LogP contribution in [0.15, 0.2) is 34.1 Å². The Labute approximate surface area is 135 Å². The van der Waals surface area contributed by atoms with Crippen LogP contribution in [0.5, 0.6) is 0 Å². The minimum atomic E-state index is 0.594. The molecular weight excluding hydrogens is 356 g/mol. The van der Waals surface area contributed by atoms with Crippen molar-refractivity contribution in [1.29, 1.82) is 0 Å². The molecule has 0 aliphatic carbocycles. The van der Waals surface area contributed by atoms with Crippen LogP contribution in [0.1, 0.15) is 16.3 Å². The summed E-state index contributed by atoms with van der Waals surface area (Å²) in [6.45, 7) is 2.94. The normalized spacial score (nSPS) is 11.3. The highest BCUT2D eigenvalue weighted by atomic mass is 79.9. The number of hydrogen-bond acceptors (Lipinski definition) is 2. The maximum Gasteiger partial charge on any atom is 0.111 e. The number of hydrogen-bond donors (Lipinski definition) is 0. The molecule has 0 unspecified atom stereocenters. The summed E-state index contributed by atoms with van der Waals surface area (Å²) in [5.41, 5.74) is 3.47. The van der Waals surface area contributed by atoms with Gasteiger partial charge >= 0.3 is 0 Å². The van der Waals surface area contributed by atoms with Gasteiger partial charge in [0.05, 0.1) is 17.6 Å². The van der Waals surface area contributed by atoms with E-state index in [1.54, 1.807) is 11.3 Å². The number of fused-ring (bicyclic) bond motifs is 1. The predicted octanol–water partition coefficient (Wildman–Crippen LogP) is 5.00. The van der Waals surface area contributed by atoms with E-state index in [4.69, 9.17) is 16.6 Å². The fourth-order valence-corrected chi connectivity index (χ4v) is 3.94. The molecule has 2 heterocycles. The van der Waals surface area contributed by atoms with Crippen molar-refractivity contribution in [3.8, 4) is 0 Å². The smallest absolute Gasteiger partial charge is 0.111 e. The molecule has 2 nitrogen and oxygen atoms in total. The molecule has 0 aliphatic rings. The lowest BCUT2D eigenvalue weighted by molar-refractivity contribution is 0.763. The van der Waals surface area contributed by atoms with Crippen LogP contribution in [-0.4, -0.2) is 15.4 Å². The second-order valence-electron chi connectivity index (χ2n) is 4.78. The third-order valence-corrected chi connectivity index (χ3v) is 5.11. The average molecular weight is 370 g/mol. The number of nitrogens with zero attached hydrogens (tertiary/aromatic N) is 2. The second kappa shape index (κ2) is 5.88. The molecule has 3 aromatic rings. The lowest BCUT2D eigenvalue weighted by Gasteiger charge is -2.07. The molecule has 0 radical (unpaired) electrons. The SMILES string of the molecule is Cc1ccc2c(c1)nc(CCCl)n2Cc1cc(Br)cs1. The molecule has 3 rings (SSSR count). The summed E-state index contributed by atoms with van der Waals surface area (Å²) in [7, 11) is 0. The first-order valence-electron chi connectivity index (χ1n) is 6.42. The van der Waals surface area contributed by atoms with Crippen molar-refractivity contribution < 1.29 is 0 Å². The first-order chi connectivity index (χ1) is 9.67. The Morgan fingerprint density at radius 1 is 1.35 bits per heavy atom. The van der Waals surface area contributed by atoms with Crippen molar-refractivity contribution in [2.75, 3.05) is 5.88 Å². The number of imidazole rings is 1. The summed E-state index contributed by atoms with van der Waals surface area (Å²) in [4.78, 5) is 6.05. The Bertz CT molecular complexity index is 747. The van der Waals surface area contributed by atoms with Crippen LogP contribution < -0.4 is 0 Å². The number of halogens is 2. The van der Waals surface area contributed by atoms with Crippen LogP contribution in [0.3, 0.4) is 0 Å². The first-order valence-corrected chi connectivity index (χ1v) is 8.63. The summed E-state index contributed by atoms with van der Waals surface area (Å²) < 4.78 is 3.41. The van der Waals surface area contributed by atoms with Crippen LogP contribution in [0, 0.1) is 6.92 Å². The van der Waals surface area contributed by atoms with Crippen LogP contribution >= 0.6 is 38.9 Å². The zero-order valence-electron chi connectivity index (χ0n) is 11.1. The number of aryl methyl sites for hydroxylation is 2. The molecule has 0 fully saturated rings. The van der Waals surface area contributed by atoms with Gasteiger partial charge in [-0.2, -0.15) is 0 Å². The highest BCUT2D eigenvalue weighted by Crippen LogP contribution is 2.24. The van der Waals surface area contributed by atoms with Crippen LogP contribution in [-0.2, 0) is 13.0 Å². The lowest BCUT2D eigenvalue weighted by atomic mass is 10.2. The van der Waals surface area contributed by atoms with Gasteiger partial charge in [0.15, 0.2) is 0 Å². The molecular formula is C15H14BrClN2S. The monoisotopic (exact) mass is 368 g/mol. The number of benzene rings is 1. The molecule has 0 amide bonds. The van der Waals surface area contributed by atoms with Gasteiger partial charge in [0.2, 0.25) is 0 Å². The van der Waals surface area contributed by atoms with Gasteiger partial charge in [-0.25, -0.2) is 4.98 Å². The summed E-state index contributed by atoms with van der Waals surface area (Å²) in [6, 6.07) is 8.58. The van der Waals surface area contributed by atoms with Crippen molar-refractivity contribution >= 4 is 49.9 Å². The molecule has 20 heavy (non-hydrogen) atoms. The fourth-order valence-electron chi connectivity index (χ4n) is 2.33. The molecule has 0 atom stereocenters. The average Bonchev–Trinajstić information content (AvgIpc) is 2.95. The first kappa shape index (κ1) is 14.1. The van der Waals surface area contributed by atoms with E-state index in [1.807, 2.05) is 0 Å². The Hall–Kier alpha value is -0.840. The van der Waals surface area contributed by atoms with Crippen LogP contribution in [0.25, 0.3) is 11.0 Å². The van der Waals surface area contributed by atoms with Crippen molar-refractivity contribution in [3.05, 3.63) is 50.4 Å². The third-order valence-electron chi connectivity index (χ3n) is 3.24. The van der Waals surface area contributed by atoms with Gasteiger partial charge in [0.1, 0.15) is 5.82 Å².